The van der Waals surface area contributed by atoms with Gasteiger partial charge in [0.05, 0.1) is 12.1 Å². The van der Waals surface area contributed by atoms with Crippen LogP contribution in [0, 0.1) is 5.92 Å². The van der Waals surface area contributed by atoms with E-state index >= 15 is 0 Å². The summed E-state index contributed by atoms with van der Waals surface area (Å²) in [5, 5.41) is 10.3. The molecule has 1 aromatic carbocycles. The van der Waals surface area contributed by atoms with Crippen molar-refractivity contribution >= 4 is 11.8 Å². The summed E-state index contributed by atoms with van der Waals surface area (Å²) in [6.07, 6.45) is 0.440. The maximum Gasteiger partial charge on any atom is 0.0758 e. The van der Waals surface area contributed by atoms with E-state index in [1.54, 1.807) is 11.8 Å². The van der Waals surface area contributed by atoms with Crippen molar-refractivity contribution in [2.45, 2.75) is 62.8 Å². The number of rotatable bonds is 5. The van der Waals surface area contributed by atoms with Gasteiger partial charge in [-0.15, -0.1) is 11.8 Å². The SMILES string of the molecule is CCC(C)[C@@H](O)[C@@H](N)c1ccccc1SC(C)(C)C. The van der Waals surface area contributed by atoms with Gasteiger partial charge in [-0.05, 0) is 17.5 Å². The molecule has 1 unspecified atom stereocenters. The summed E-state index contributed by atoms with van der Waals surface area (Å²) >= 11 is 1.80. The number of nitrogens with two attached hydrogens (primary N) is 1. The van der Waals surface area contributed by atoms with Crippen molar-refractivity contribution in [3.8, 4) is 0 Å². The zero-order valence-corrected chi connectivity index (χ0v) is 13.5. The third-order valence-corrected chi connectivity index (χ3v) is 4.49. The molecule has 0 saturated carbocycles. The molecule has 1 rings (SSSR count). The van der Waals surface area contributed by atoms with E-state index in [0.29, 0.717) is 0 Å². The highest BCUT2D eigenvalue weighted by atomic mass is 32.2. The predicted octanol–water partition coefficient (Wildman–Crippen LogP) is 3.98. The fourth-order valence-electron chi connectivity index (χ4n) is 1.96. The number of aliphatic hydroxyl groups is 1. The number of hydrogen-bond donors (Lipinski definition) is 2. The van der Waals surface area contributed by atoms with Crippen molar-refractivity contribution in [1.82, 2.24) is 0 Å². The first-order chi connectivity index (χ1) is 8.76. The second-order valence-electron chi connectivity index (χ2n) is 6.15. The van der Waals surface area contributed by atoms with Gasteiger partial charge in [-0.1, -0.05) is 59.2 Å². The summed E-state index contributed by atoms with van der Waals surface area (Å²) in [4.78, 5) is 1.17. The number of aliphatic hydroxyl groups excluding tert-OH is 1. The molecular formula is C16H27NOS. The molecule has 0 amide bonds. The first-order valence-corrected chi connectivity index (χ1v) is 7.79. The number of benzene rings is 1. The van der Waals surface area contributed by atoms with Crippen molar-refractivity contribution < 1.29 is 5.11 Å². The topological polar surface area (TPSA) is 46.2 Å². The average Bonchev–Trinajstić information content (AvgIpc) is 2.35. The quantitative estimate of drug-likeness (QED) is 0.802. The van der Waals surface area contributed by atoms with Gasteiger partial charge in [-0.3, -0.25) is 0 Å². The number of thioether (sulfide) groups is 1. The molecule has 0 bridgehead atoms. The zero-order chi connectivity index (χ0) is 14.6. The van der Waals surface area contributed by atoms with Crippen molar-refractivity contribution in [2.75, 3.05) is 0 Å². The van der Waals surface area contributed by atoms with Crippen LogP contribution in [0.2, 0.25) is 0 Å². The van der Waals surface area contributed by atoms with Gasteiger partial charge < -0.3 is 10.8 Å². The average molecular weight is 281 g/mol. The van der Waals surface area contributed by atoms with Gasteiger partial charge in [0, 0.05) is 9.64 Å². The summed E-state index contributed by atoms with van der Waals surface area (Å²) in [6, 6.07) is 7.82. The Labute approximate surface area is 121 Å². The third-order valence-electron chi connectivity index (χ3n) is 3.29. The van der Waals surface area contributed by atoms with Crippen LogP contribution >= 0.6 is 11.8 Å². The molecule has 3 N–H and O–H groups in total. The molecule has 0 saturated heterocycles. The second-order valence-corrected chi connectivity index (χ2v) is 8.02. The van der Waals surface area contributed by atoms with E-state index in [9.17, 15) is 5.11 Å². The summed E-state index contributed by atoms with van der Waals surface area (Å²) in [6.45, 7) is 10.7. The van der Waals surface area contributed by atoms with Crippen LogP contribution < -0.4 is 5.73 Å². The van der Waals surface area contributed by atoms with Crippen molar-refractivity contribution in [3.05, 3.63) is 29.8 Å². The van der Waals surface area contributed by atoms with Gasteiger partial charge in [-0.25, -0.2) is 0 Å². The molecule has 0 aliphatic rings. The van der Waals surface area contributed by atoms with E-state index in [4.69, 9.17) is 5.73 Å². The first-order valence-electron chi connectivity index (χ1n) is 6.98. The molecule has 3 atom stereocenters. The summed E-state index contributed by atoms with van der Waals surface area (Å²) in [5.74, 6) is 0.211. The summed E-state index contributed by atoms with van der Waals surface area (Å²) in [7, 11) is 0. The smallest absolute Gasteiger partial charge is 0.0758 e. The minimum atomic E-state index is -0.494. The molecule has 1 aromatic rings. The van der Waals surface area contributed by atoms with Gasteiger partial charge in [0.2, 0.25) is 0 Å². The Bertz CT molecular complexity index is 400. The van der Waals surface area contributed by atoms with Crippen LogP contribution in [0.3, 0.4) is 0 Å². The molecular weight excluding hydrogens is 254 g/mol. The van der Waals surface area contributed by atoms with Crippen molar-refractivity contribution in [2.24, 2.45) is 11.7 Å². The highest BCUT2D eigenvalue weighted by Crippen LogP contribution is 2.37. The molecule has 3 heteroatoms. The molecule has 2 nitrogen and oxygen atoms in total. The van der Waals surface area contributed by atoms with Gasteiger partial charge in [0.15, 0.2) is 0 Å². The number of hydrogen-bond acceptors (Lipinski definition) is 3. The second kappa shape index (κ2) is 6.78. The lowest BCUT2D eigenvalue weighted by molar-refractivity contribution is 0.0872. The first kappa shape index (κ1) is 16.5. The summed E-state index contributed by atoms with van der Waals surface area (Å²) in [5.41, 5.74) is 7.32. The lowest BCUT2D eigenvalue weighted by Crippen LogP contribution is -2.32. The lowest BCUT2D eigenvalue weighted by Gasteiger charge is -2.27. The molecule has 0 spiro atoms. The Balaban J connectivity index is 2.99. The highest BCUT2D eigenvalue weighted by Gasteiger charge is 2.25. The highest BCUT2D eigenvalue weighted by molar-refractivity contribution is 8.00. The Morgan fingerprint density at radius 3 is 2.37 bits per heavy atom. The standard InChI is InChI=1S/C16H27NOS/c1-6-11(2)15(18)14(17)12-9-7-8-10-13(12)19-16(3,4)5/h7-11,14-15,18H,6,17H2,1-5H3/t11?,14-,15+/m0/s1. The minimum Gasteiger partial charge on any atom is -0.391 e. The van der Waals surface area contributed by atoms with Gasteiger partial charge in [0.25, 0.3) is 0 Å². The fourth-order valence-corrected chi connectivity index (χ4v) is 3.09. The van der Waals surface area contributed by atoms with E-state index in [1.807, 2.05) is 25.1 Å². The normalized spacial score (nSPS) is 17.0. The van der Waals surface area contributed by atoms with Crippen LogP contribution in [0.1, 0.15) is 52.6 Å². The molecule has 0 aromatic heterocycles. The van der Waals surface area contributed by atoms with Crippen molar-refractivity contribution in [1.29, 1.82) is 0 Å². The Hall–Kier alpha value is -0.510. The van der Waals surface area contributed by atoms with E-state index in [2.05, 4.69) is 33.8 Å². The Morgan fingerprint density at radius 1 is 1.26 bits per heavy atom. The third kappa shape index (κ3) is 4.83. The van der Waals surface area contributed by atoms with Gasteiger partial charge in [0.1, 0.15) is 0 Å². The molecule has 0 radical (unpaired) electrons. The van der Waals surface area contributed by atoms with Gasteiger partial charge >= 0.3 is 0 Å². The fraction of sp³-hybridized carbons (Fsp3) is 0.625. The molecule has 0 heterocycles. The molecule has 0 fully saturated rings. The van der Waals surface area contributed by atoms with E-state index in [1.165, 1.54) is 4.90 Å². The van der Waals surface area contributed by atoms with Crippen LogP contribution in [0.4, 0.5) is 0 Å². The molecule has 19 heavy (non-hydrogen) atoms. The van der Waals surface area contributed by atoms with Crippen LogP contribution in [0.25, 0.3) is 0 Å². The van der Waals surface area contributed by atoms with Crippen LogP contribution in [-0.2, 0) is 0 Å². The van der Waals surface area contributed by atoms with Crippen LogP contribution in [0.5, 0.6) is 0 Å². The van der Waals surface area contributed by atoms with Crippen LogP contribution in [-0.4, -0.2) is 16.0 Å². The van der Waals surface area contributed by atoms with E-state index in [0.717, 1.165) is 12.0 Å². The van der Waals surface area contributed by atoms with Crippen LogP contribution in [0.15, 0.2) is 29.2 Å². The lowest BCUT2D eigenvalue weighted by atomic mass is 9.91. The molecule has 108 valence electrons. The molecule has 0 aliphatic heterocycles. The Morgan fingerprint density at radius 2 is 1.84 bits per heavy atom. The van der Waals surface area contributed by atoms with E-state index in [-0.39, 0.29) is 16.7 Å². The monoisotopic (exact) mass is 281 g/mol. The van der Waals surface area contributed by atoms with Crippen molar-refractivity contribution in [3.63, 3.8) is 0 Å². The zero-order valence-electron chi connectivity index (χ0n) is 12.7. The largest absolute Gasteiger partial charge is 0.391 e. The predicted molar refractivity (Wildman–Crippen MR) is 84.4 cm³/mol. The summed E-state index contributed by atoms with van der Waals surface area (Å²) < 4.78 is 0.136. The maximum atomic E-state index is 10.3. The van der Waals surface area contributed by atoms with E-state index < -0.39 is 6.10 Å². The minimum absolute atomic E-state index is 0.136. The molecule has 0 aliphatic carbocycles. The maximum absolute atomic E-state index is 10.3. The Kier molecular flexibility index (Phi) is 5.90. The van der Waals surface area contributed by atoms with Gasteiger partial charge in [-0.2, -0.15) is 0 Å².